The van der Waals surface area contributed by atoms with Crippen molar-refractivity contribution >= 4 is 8.69 Å². The Morgan fingerprint density at radius 3 is 1.80 bits per heavy atom. The van der Waals surface area contributed by atoms with Gasteiger partial charge in [0.25, 0.3) is 0 Å². The van der Waals surface area contributed by atoms with Gasteiger partial charge in [-0.3, -0.25) is 0 Å². The van der Waals surface area contributed by atoms with Crippen molar-refractivity contribution in [3.05, 3.63) is 0 Å². The largest absolute Gasteiger partial charge is 0.374 e. The molecule has 0 fully saturated rings. The highest BCUT2D eigenvalue weighted by atomic mass is 31.2. The lowest BCUT2D eigenvalue weighted by molar-refractivity contribution is 0.224. The van der Waals surface area contributed by atoms with E-state index in [1.165, 1.54) is 0 Å². The Kier molecular flexibility index (Phi) is 7.59. The van der Waals surface area contributed by atoms with Crippen LogP contribution in [0.1, 0.15) is 26.7 Å². The zero-order valence-corrected chi connectivity index (χ0v) is 7.36. The number of hydrogen-bond acceptors (Lipinski definition) is 2. The quantitative estimate of drug-likeness (QED) is 0.567. The van der Waals surface area contributed by atoms with E-state index in [1.54, 1.807) is 0 Å². The standard InChI is InChI=1S/C6H14FO2P/c1-3-5-8-10(7)9-6-4-2/h3-6H2,1-2H3. The highest BCUT2D eigenvalue weighted by Gasteiger charge is 2.06. The van der Waals surface area contributed by atoms with Crippen LogP contribution in [0.25, 0.3) is 0 Å². The van der Waals surface area contributed by atoms with E-state index in [4.69, 9.17) is 0 Å². The van der Waals surface area contributed by atoms with Gasteiger partial charge in [-0.1, -0.05) is 13.8 Å². The molecule has 0 saturated heterocycles. The van der Waals surface area contributed by atoms with Gasteiger partial charge in [-0.15, -0.1) is 0 Å². The van der Waals surface area contributed by atoms with Crippen LogP contribution < -0.4 is 0 Å². The van der Waals surface area contributed by atoms with E-state index in [1.807, 2.05) is 13.8 Å². The molecule has 0 heterocycles. The summed E-state index contributed by atoms with van der Waals surface area (Å²) in [5.41, 5.74) is 0. The van der Waals surface area contributed by atoms with Crippen LogP contribution in [0.15, 0.2) is 0 Å². The van der Waals surface area contributed by atoms with Gasteiger partial charge in [0, 0.05) is 0 Å². The second kappa shape index (κ2) is 7.39. The molecule has 2 nitrogen and oxygen atoms in total. The van der Waals surface area contributed by atoms with E-state index in [2.05, 4.69) is 9.05 Å². The molecule has 0 amide bonds. The first-order valence-electron chi connectivity index (χ1n) is 3.53. The van der Waals surface area contributed by atoms with Gasteiger partial charge < -0.3 is 9.05 Å². The molecule has 10 heavy (non-hydrogen) atoms. The molecule has 0 aromatic carbocycles. The van der Waals surface area contributed by atoms with E-state index in [0.29, 0.717) is 13.2 Å². The molecule has 0 aliphatic rings. The van der Waals surface area contributed by atoms with Crippen molar-refractivity contribution in [1.29, 1.82) is 0 Å². The summed E-state index contributed by atoms with van der Waals surface area (Å²) in [6, 6.07) is 0. The molecule has 62 valence electrons. The highest BCUT2D eigenvalue weighted by molar-refractivity contribution is 7.41. The van der Waals surface area contributed by atoms with Crippen molar-refractivity contribution in [3.8, 4) is 0 Å². The maximum absolute atomic E-state index is 12.4. The average molecular weight is 168 g/mol. The lowest BCUT2D eigenvalue weighted by Gasteiger charge is -2.05. The van der Waals surface area contributed by atoms with Gasteiger partial charge in [0.1, 0.15) is 0 Å². The molecule has 0 saturated carbocycles. The summed E-state index contributed by atoms with van der Waals surface area (Å²) in [7, 11) is -2.09. The molecule has 0 aromatic heterocycles. The van der Waals surface area contributed by atoms with Crippen LogP contribution >= 0.6 is 8.69 Å². The van der Waals surface area contributed by atoms with Gasteiger partial charge in [-0.25, -0.2) is 0 Å². The van der Waals surface area contributed by atoms with Crippen LogP contribution in [-0.2, 0) is 9.05 Å². The highest BCUT2D eigenvalue weighted by Crippen LogP contribution is 2.39. The second-order valence-electron chi connectivity index (χ2n) is 1.88. The summed E-state index contributed by atoms with van der Waals surface area (Å²) >= 11 is 0. The molecule has 0 aliphatic carbocycles. The molecular weight excluding hydrogens is 154 g/mol. The zero-order valence-electron chi connectivity index (χ0n) is 6.47. The minimum Gasteiger partial charge on any atom is -0.309 e. The summed E-state index contributed by atoms with van der Waals surface area (Å²) in [5, 5.41) is 0. The van der Waals surface area contributed by atoms with Crippen molar-refractivity contribution in [1.82, 2.24) is 0 Å². The third-order valence-electron chi connectivity index (χ3n) is 0.794. The normalized spacial score (nSPS) is 10.8. The summed E-state index contributed by atoms with van der Waals surface area (Å²) in [6.45, 7) is 4.77. The molecule has 4 heteroatoms. The average Bonchev–Trinajstić information content (AvgIpc) is 1.97. The third-order valence-corrected chi connectivity index (χ3v) is 1.56. The van der Waals surface area contributed by atoms with Crippen LogP contribution in [0.3, 0.4) is 0 Å². The molecule has 0 N–H and O–H groups in total. The SMILES string of the molecule is CCCOP(F)OCCC. The Hall–Kier alpha value is 0.280. The fraction of sp³-hybridized carbons (Fsp3) is 1.00. The summed E-state index contributed by atoms with van der Waals surface area (Å²) in [6.07, 6.45) is 1.66. The smallest absolute Gasteiger partial charge is 0.309 e. The van der Waals surface area contributed by atoms with Crippen molar-refractivity contribution < 1.29 is 13.2 Å². The predicted octanol–water partition coefficient (Wildman–Crippen LogP) is 3.04. The number of halogens is 1. The molecular formula is C6H14FO2P. The van der Waals surface area contributed by atoms with E-state index in [9.17, 15) is 4.20 Å². The lowest BCUT2D eigenvalue weighted by atomic mass is 10.5. The van der Waals surface area contributed by atoms with Gasteiger partial charge in [-0.05, 0) is 12.8 Å². The van der Waals surface area contributed by atoms with Gasteiger partial charge in [0.2, 0.25) is 0 Å². The fourth-order valence-electron chi connectivity index (χ4n) is 0.363. The first kappa shape index (κ1) is 10.3. The van der Waals surface area contributed by atoms with Crippen molar-refractivity contribution in [2.75, 3.05) is 13.2 Å². The first-order valence-corrected chi connectivity index (χ1v) is 4.59. The van der Waals surface area contributed by atoms with Crippen LogP contribution in [0.5, 0.6) is 0 Å². The second-order valence-corrected chi connectivity index (χ2v) is 2.82. The Balaban J connectivity index is 3.00. The molecule has 0 unspecified atom stereocenters. The molecule has 0 spiro atoms. The van der Waals surface area contributed by atoms with Crippen LogP contribution in [-0.4, -0.2) is 13.2 Å². The van der Waals surface area contributed by atoms with E-state index in [0.717, 1.165) is 12.8 Å². The van der Waals surface area contributed by atoms with Gasteiger partial charge in [0.15, 0.2) is 0 Å². The van der Waals surface area contributed by atoms with Crippen molar-refractivity contribution in [3.63, 3.8) is 0 Å². The molecule has 0 atom stereocenters. The maximum atomic E-state index is 12.4. The monoisotopic (exact) mass is 168 g/mol. The first-order chi connectivity index (χ1) is 4.81. The van der Waals surface area contributed by atoms with E-state index in [-0.39, 0.29) is 0 Å². The Morgan fingerprint density at radius 1 is 1.10 bits per heavy atom. The van der Waals surface area contributed by atoms with Crippen molar-refractivity contribution in [2.45, 2.75) is 26.7 Å². The molecule has 0 aromatic rings. The Morgan fingerprint density at radius 2 is 1.50 bits per heavy atom. The van der Waals surface area contributed by atoms with Crippen LogP contribution in [0.4, 0.5) is 4.20 Å². The molecule has 0 radical (unpaired) electrons. The fourth-order valence-corrected chi connectivity index (χ4v) is 1.09. The van der Waals surface area contributed by atoms with Gasteiger partial charge >= 0.3 is 8.69 Å². The molecule has 0 rings (SSSR count). The van der Waals surface area contributed by atoms with Gasteiger partial charge in [0.05, 0.1) is 13.2 Å². The molecule has 0 aliphatic heterocycles. The van der Waals surface area contributed by atoms with Gasteiger partial charge in [-0.2, -0.15) is 4.20 Å². The van der Waals surface area contributed by atoms with Crippen molar-refractivity contribution in [2.24, 2.45) is 0 Å². The van der Waals surface area contributed by atoms with Crippen LogP contribution in [0.2, 0.25) is 0 Å². The third kappa shape index (κ3) is 6.40. The summed E-state index contributed by atoms with van der Waals surface area (Å²) in [5.74, 6) is 0. The Labute approximate surface area is 62.8 Å². The van der Waals surface area contributed by atoms with E-state index < -0.39 is 8.69 Å². The number of rotatable bonds is 6. The van der Waals surface area contributed by atoms with E-state index >= 15 is 0 Å². The summed E-state index contributed by atoms with van der Waals surface area (Å²) in [4.78, 5) is 0. The zero-order chi connectivity index (χ0) is 7.82. The minimum atomic E-state index is -2.09. The molecule has 0 bridgehead atoms. The lowest BCUT2D eigenvalue weighted by Crippen LogP contribution is -1.89. The Bertz CT molecular complexity index is 64.8. The number of hydrogen-bond donors (Lipinski definition) is 0. The maximum Gasteiger partial charge on any atom is 0.374 e. The summed E-state index contributed by atoms with van der Waals surface area (Å²) < 4.78 is 21.7. The topological polar surface area (TPSA) is 18.5 Å². The minimum absolute atomic E-state index is 0.450. The predicted molar refractivity (Wildman–Crippen MR) is 40.5 cm³/mol. The van der Waals surface area contributed by atoms with Crippen LogP contribution in [0, 0.1) is 0 Å².